The Morgan fingerprint density at radius 3 is 2.33 bits per heavy atom. The number of carbonyl (C=O) groups excluding carboxylic acids is 2. The molecule has 108 valence electrons. The molecule has 0 fully saturated rings. The molecular weight excluding hydrogens is 264 g/mol. The lowest BCUT2D eigenvalue weighted by molar-refractivity contribution is -0.136. The van der Waals surface area contributed by atoms with E-state index < -0.39 is 11.8 Å². The number of rotatable bonds is 3. The third-order valence-corrected chi connectivity index (χ3v) is 3.13. The van der Waals surface area contributed by atoms with E-state index in [2.05, 4.69) is 10.6 Å². The van der Waals surface area contributed by atoms with Crippen molar-refractivity contribution in [2.75, 3.05) is 5.32 Å². The molecule has 2 N–H and O–H groups in total. The van der Waals surface area contributed by atoms with Gasteiger partial charge in [-0.05, 0) is 37.1 Å². The van der Waals surface area contributed by atoms with Crippen molar-refractivity contribution in [1.82, 2.24) is 5.32 Å². The van der Waals surface area contributed by atoms with Gasteiger partial charge in [0.05, 0.1) is 6.04 Å². The van der Waals surface area contributed by atoms with Gasteiger partial charge in [0.25, 0.3) is 0 Å². The predicted molar refractivity (Wildman–Crippen MR) is 82.8 cm³/mol. The minimum absolute atomic E-state index is 0.220. The highest BCUT2D eigenvalue weighted by atomic mass is 16.2. The average Bonchev–Trinajstić information content (AvgIpc) is 2.48. The zero-order chi connectivity index (χ0) is 15.2. The number of carbonyl (C=O) groups is 2. The van der Waals surface area contributed by atoms with Crippen LogP contribution in [0.25, 0.3) is 0 Å². The van der Waals surface area contributed by atoms with E-state index in [1.54, 1.807) is 6.07 Å². The number of aryl methyl sites for hydroxylation is 1. The summed E-state index contributed by atoms with van der Waals surface area (Å²) in [4.78, 5) is 23.8. The molecule has 2 aromatic rings. The van der Waals surface area contributed by atoms with Gasteiger partial charge in [-0.3, -0.25) is 9.59 Å². The minimum atomic E-state index is -0.664. The Kier molecular flexibility index (Phi) is 4.72. The standard InChI is InChI=1S/C17H18N2O2/c1-12-7-6-10-15(11-12)19-17(21)16(20)18-13(2)14-8-4-3-5-9-14/h3-11,13H,1-2H3,(H,18,20)(H,19,21)/t13-/m0/s1. The number of hydrogen-bond donors (Lipinski definition) is 2. The second-order valence-corrected chi connectivity index (χ2v) is 4.93. The van der Waals surface area contributed by atoms with Crippen molar-refractivity contribution in [2.45, 2.75) is 19.9 Å². The second-order valence-electron chi connectivity index (χ2n) is 4.93. The molecule has 0 aliphatic rings. The lowest BCUT2D eigenvalue weighted by Gasteiger charge is -2.14. The zero-order valence-corrected chi connectivity index (χ0v) is 12.1. The lowest BCUT2D eigenvalue weighted by atomic mass is 10.1. The number of benzene rings is 2. The van der Waals surface area contributed by atoms with Gasteiger partial charge in [-0.2, -0.15) is 0 Å². The normalized spacial score (nSPS) is 11.5. The van der Waals surface area contributed by atoms with E-state index in [0.717, 1.165) is 11.1 Å². The van der Waals surface area contributed by atoms with E-state index in [4.69, 9.17) is 0 Å². The molecule has 0 saturated heterocycles. The van der Waals surface area contributed by atoms with Gasteiger partial charge in [0.2, 0.25) is 0 Å². The van der Waals surface area contributed by atoms with Crippen LogP contribution in [0.15, 0.2) is 54.6 Å². The van der Waals surface area contributed by atoms with Crippen molar-refractivity contribution in [1.29, 1.82) is 0 Å². The fraction of sp³-hybridized carbons (Fsp3) is 0.176. The van der Waals surface area contributed by atoms with Gasteiger partial charge in [0.15, 0.2) is 0 Å². The maximum absolute atomic E-state index is 11.9. The Labute approximate surface area is 124 Å². The number of anilines is 1. The number of amides is 2. The average molecular weight is 282 g/mol. The van der Waals surface area contributed by atoms with Crippen molar-refractivity contribution in [3.8, 4) is 0 Å². The van der Waals surface area contributed by atoms with Crippen LogP contribution in [-0.4, -0.2) is 11.8 Å². The summed E-state index contributed by atoms with van der Waals surface area (Å²) >= 11 is 0. The summed E-state index contributed by atoms with van der Waals surface area (Å²) in [5, 5.41) is 5.27. The predicted octanol–water partition coefficient (Wildman–Crippen LogP) is 2.81. The molecule has 0 heterocycles. The Morgan fingerprint density at radius 2 is 1.67 bits per heavy atom. The van der Waals surface area contributed by atoms with Gasteiger partial charge < -0.3 is 10.6 Å². The molecule has 4 heteroatoms. The third kappa shape index (κ3) is 4.18. The lowest BCUT2D eigenvalue weighted by Crippen LogP contribution is -2.36. The molecule has 0 saturated carbocycles. The second kappa shape index (κ2) is 6.70. The van der Waals surface area contributed by atoms with Crippen LogP contribution in [0.3, 0.4) is 0 Å². The molecule has 4 nitrogen and oxygen atoms in total. The number of nitrogens with one attached hydrogen (secondary N) is 2. The van der Waals surface area contributed by atoms with Gasteiger partial charge in [-0.25, -0.2) is 0 Å². The first-order valence-electron chi connectivity index (χ1n) is 6.79. The molecule has 0 aliphatic carbocycles. The van der Waals surface area contributed by atoms with Crippen molar-refractivity contribution in [2.24, 2.45) is 0 Å². The highest BCUT2D eigenvalue weighted by Gasteiger charge is 2.17. The fourth-order valence-electron chi connectivity index (χ4n) is 2.00. The van der Waals surface area contributed by atoms with Crippen LogP contribution < -0.4 is 10.6 Å². The summed E-state index contributed by atoms with van der Waals surface area (Å²) in [6, 6.07) is 16.6. The summed E-state index contributed by atoms with van der Waals surface area (Å²) < 4.78 is 0. The Bertz CT molecular complexity index is 638. The molecule has 0 spiro atoms. The summed E-state index contributed by atoms with van der Waals surface area (Å²) in [5.74, 6) is -1.31. The molecule has 0 unspecified atom stereocenters. The van der Waals surface area contributed by atoms with E-state index in [1.807, 2.05) is 62.4 Å². The van der Waals surface area contributed by atoms with Crippen LogP contribution in [0.4, 0.5) is 5.69 Å². The Morgan fingerprint density at radius 1 is 0.952 bits per heavy atom. The molecule has 1 atom stereocenters. The summed E-state index contributed by atoms with van der Waals surface area (Å²) in [5.41, 5.74) is 2.59. The first-order valence-corrected chi connectivity index (χ1v) is 6.79. The molecule has 0 aliphatic heterocycles. The van der Waals surface area contributed by atoms with E-state index in [0.29, 0.717) is 5.69 Å². The highest BCUT2D eigenvalue weighted by molar-refractivity contribution is 6.39. The molecule has 2 aromatic carbocycles. The topological polar surface area (TPSA) is 58.2 Å². The van der Waals surface area contributed by atoms with Gasteiger partial charge in [0, 0.05) is 5.69 Å². The maximum atomic E-state index is 11.9. The van der Waals surface area contributed by atoms with Crippen LogP contribution in [-0.2, 0) is 9.59 Å². The third-order valence-electron chi connectivity index (χ3n) is 3.13. The minimum Gasteiger partial charge on any atom is -0.341 e. The van der Waals surface area contributed by atoms with Crippen LogP contribution in [0, 0.1) is 6.92 Å². The fourth-order valence-corrected chi connectivity index (χ4v) is 2.00. The van der Waals surface area contributed by atoms with E-state index >= 15 is 0 Å². The van der Waals surface area contributed by atoms with Gasteiger partial charge in [0.1, 0.15) is 0 Å². The van der Waals surface area contributed by atoms with Crippen molar-refractivity contribution >= 4 is 17.5 Å². The first kappa shape index (κ1) is 14.8. The summed E-state index contributed by atoms with van der Waals surface area (Å²) in [7, 11) is 0. The van der Waals surface area contributed by atoms with E-state index in [-0.39, 0.29) is 6.04 Å². The SMILES string of the molecule is Cc1cccc(NC(=O)C(=O)N[C@@H](C)c2ccccc2)c1. The zero-order valence-electron chi connectivity index (χ0n) is 12.1. The van der Waals surface area contributed by atoms with Crippen LogP contribution in [0.2, 0.25) is 0 Å². The largest absolute Gasteiger partial charge is 0.341 e. The van der Waals surface area contributed by atoms with Crippen molar-refractivity contribution in [3.05, 3.63) is 65.7 Å². The van der Waals surface area contributed by atoms with Crippen LogP contribution >= 0.6 is 0 Å². The van der Waals surface area contributed by atoms with Crippen LogP contribution in [0.5, 0.6) is 0 Å². The van der Waals surface area contributed by atoms with Gasteiger partial charge >= 0.3 is 11.8 Å². The van der Waals surface area contributed by atoms with Crippen LogP contribution in [0.1, 0.15) is 24.1 Å². The Hall–Kier alpha value is -2.62. The molecule has 2 amide bonds. The molecule has 0 aromatic heterocycles. The molecule has 2 rings (SSSR count). The smallest absolute Gasteiger partial charge is 0.313 e. The van der Waals surface area contributed by atoms with Gasteiger partial charge in [-0.15, -0.1) is 0 Å². The maximum Gasteiger partial charge on any atom is 0.313 e. The number of hydrogen-bond acceptors (Lipinski definition) is 2. The Balaban J connectivity index is 1.95. The summed E-state index contributed by atoms with van der Waals surface area (Å²) in [6.45, 7) is 3.76. The first-order chi connectivity index (χ1) is 10.1. The quantitative estimate of drug-likeness (QED) is 0.850. The van der Waals surface area contributed by atoms with E-state index in [1.165, 1.54) is 0 Å². The van der Waals surface area contributed by atoms with Crippen molar-refractivity contribution < 1.29 is 9.59 Å². The van der Waals surface area contributed by atoms with Crippen molar-refractivity contribution in [3.63, 3.8) is 0 Å². The van der Waals surface area contributed by atoms with Gasteiger partial charge in [-0.1, -0.05) is 42.5 Å². The monoisotopic (exact) mass is 282 g/mol. The molecule has 0 bridgehead atoms. The summed E-state index contributed by atoms with van der Waals surface area (Å²) in [6.07, 6.45) is 0. The molecule has 21 heavy (non-hydrogen) atoms. The molecular formula is C17H18N2O2. The van der Waals surface area contributed by atoms with E-state index in [9.17, 15) is 9.59 Å². The highest BCUT2D eigenvalue weighted by Crippen LogP contribution is 2.12. The molecule has 0 radical (unpaired) electrons.